The van der Waals surface area contributed by atoms with Gasteiger partial charge in [-0.1, -0.05) is 11.6 Å². The van der Waals surface area contributed by atoms with Gasteiger partial charge in [-0.2, -0.15) is 13.2 Å². The lowest BCUT2D eigenvalue weighted by atomic mass is 10.2. The van der Waals surface area contributed by atoms with E-state index in [0.717, 1.165) is 31.2 Å². The van der Waals surface area contributed by atoms with Crippen molar-refractivity contribution in [2.45, 2.75) is 12.6 Å². The first-order valence-electron chi connectivity index (χ1n) is 6.26. The lowest BCUT2D eigenvalue weighted by molar-refractivity contribution is -0.137. The number of rotatable bonds is 5. The van der Waals surface area contributed by atoms with Crippen LogP contribution in [-0.4, -0.2) is 38.1 Å². The van der Waals surface area contributed by atoms with Crippen LogP contribution in [0.2, 0.25) is 5.02 Å². The van der Waals surface area contributed by atoms with Crippen molar-refractivity contribution in [3.05, 3.63) is 28.8 Å². The number of halogens is 4. The van der Waals surface area contributed by atoms with Crippen LogP contribution in [0.1, 0.15) is 12.0 Å². The maximum atomic E-state index is 12.6. The number of amides is 2. The maximum absolute atomic E-state index is 12.6. The van der Waals surface area contributed by atoms with E-state index in [0.29, 0.717) is 6.54 Å². The average Bonchev–Trinajstić information content (AvgIpc) is 2.36. The zero-order valence-electron chi connectivity index (χ0n) is 11.7. The van der Waals surface area contributed by atoms with Crippen LogP contribution in [0.3, 0.4) is 0 Å². The average molecular weight is 324 g/mol. The van der Waals surface area contributed by atoms with Gasteiger partial charge in [-0.05, 0) is 45.3 Å². The van der Waals surface area contributed by atoms with Crippen LogP contribution >= 0.6 is 11.6 Å². The molecule has 0 aromatic heterocycles. The number of anilines is 1. The fourth-order valence-electron chi connectivity index (χ4n) is 1.56. The topological polar surface area (TPSA) is 44.4 Å². The standard InChI is InChI=1S/C13H17ClF3N3O/c1-20(2)7-3-6-18-12(21)19-11-8-9(13(15,16)17)4-5-10(11)14/h4-5,8H,3,6-7H2,1-2H3,(H2,18,19,21). The first kappa shape index (κ1) is 17.6. The van der Waals surface area contributed by atoms with Crippen molar-refractivity contribution in [1.82, 2.24) is 10.2 Å². The fourth-order valence-corrected chi connectivity index (χ4v) is 1.73. The number of hydrogen-bond donors (Lipinski definition) is 2. The van der Waals surface area contributed by atoms with Crippen molar-refractivity contribution in [3.8, 4) is 0 Å². The van der Waals surface area contributed by atoms with E-state index in [2.05, 4.69) is 10.6 Å². The van der Waals surface area contributed by atoms with E-state index >= 15 is 0 Å². The number of hydrogen-bond acceptors (Lipinski definition) is 2. The van der Waals surface area contributed by atoms with E-state index in [1.54, 1.807) is 0 Å². The van der Waals surface area contributed by atoms with Gasteiger partial charge in [-0.15, -0.1) is 0 Å². The summed E-state index contributed by atoms with van der Waals surface area (Å²) in [5.41, 5.74) is -0.939. The molecule has 2 N–H and O–H groups in total. The van der Waals surface area contributed by atoms with Crippen LogP contribution in [0.5, 0.6) is 0 Å². The van der Waals surface area contributed by atoms with Crippen molar-refractivity contribution in [1.29, 1.82) is 0 Å². The predicted octanol–water partition coefficient (Wildman–Crippen LogP) is 3.43. The lowest BCUT2D eigenvalue weighted by Crippen LogP contribution is -2.31. The van der Waals surface area contributed by atoms with E-state index in [9.17, 15) is 18.0 Å². The molecule has 4 nitrogen and oxygen atoms in total. The van der Waals surface area contributed by atoms with Gasteiger partial charge in [-0.3, -0.25) is 0 Å². The van der Waals surface area contributed by atoms with E-state index in [-0.39, 0.29) is 10.7 Å². The number of nitrogens with zero attached hydrogens (tertiary/aromatic N) is 1. The fraction of sp³-hybridized carbons (Fsp3) is 0.462. The molecular weight excluding hydrogens is 307 g/mol. The Morgan fingerprint density at radius 1 is 1.33 bits per heavy atom. The summed E-state index contributed by atoms with van der Waals surface area (Å²) >= 11 is 5.78. The molecule has 0 aliphatic carbocycles. The molecule has 0 saturated carbocycles. The Labute approximate surface area is 126 Å². The first-order chi connectivity index (χ1) is 9.70. The number of carbonyl (C=O) groups excluding carboxylic acids is 1. The minimum absolute atomic E-state index is 0.0476. The maximum Gasteiger partial charge on any atom is 0.416 e. The Morgan fingerprint density at radius 2 is 2.00 bits per heavy atom. The molecular formula is C13H17ClF3N3O. The van der Waals surface area contributed by atoms with Gasteiger partial charge in [-0.25, -0.2) is 4.79 Å². The second kappa shape index (κ2) is 7.51. The molecule has 2 amide bonds. The van der Waals surface area contributed by atoms with E-state index in [1.807, 2.05) is 19.0 Å². The SMILES string of the molecule is CN(C)CCCNC(=O)Nc1cc(C(F)(F)F)ccc1Cl. The van der Waals surface area contributed by atoms with Gasteiger partial charge in [0.1, 0.15) is 0 Å². The summed E-state index contributed by atoms with van der Waals surface area (Å²) in [6.45, 7) is 1.21. The van der Waals surface area contributed by atoms with Gasteiger partial charge < -0.3 is 15.5 Å². The monoisotopic (exact) mass is 323 g/mol. The second-order valence-electron chi connectivity index (χ2n) is 4.73. The Kier molecular flexibility index (Phi) is 6.29. The Bertz CT molecular complexity index is 492. The first-order valence-corrected chi connectivity index (χ1v) is 6.64. The highest BCUT2D eigenvalue weighted by Crippen LogP contribution is 2.33. The van der Waals surface area contributed by atoms with Crippen LogP contribution in [0.15, 0.2) is 18.2 Å². The molecule has 118 valence electrons. The van der Waals surface area contributed by atoms with Gasteiger partial charge in [0.15, 0.2) is 0 Å². The molecule has 0 bridgehead atoms. The zero-order chi connectivity index (χ0) is 16.0. The molecule has 0 aliphatic rings. The Hall–Kier alpha value is -1.47. The molecule has 0 atom stereocenters. The third-order valence-electron chi connectivity index (χ3n) is 2.61. The minimum atomic E-state index is -4.48. The van der Waals surface area contributed by atoms with E-state index < -0.39 is 17.8 Å². The highest BCUT2D eigenvalue weighted by atomic mass is 35.5. The van der Waals surface area contributed by atoms with Crippen molar-refractivity contribution in [2.75, 3.05) is 32.5 Å². The van der Waals surface area contributed by atoms with Crippen LogP contribution < -0.4 is 10.6 Å². The molecule has 0 spiro atoms. The van der Waals surface area contributed by atoms with Crippen LogP contribution in [0.4, 0.5) is 23.7 Å². The molecule has 1 rings (SSSR count). The summed E-state index contributed by atoms with van der Waals surface area (Å²) in [6, 6.07) is 2.19. The largest absolute Gasteiger partial charge is 0.416 e. The number of benzene rings is 1. The lowest BCUT2D eigenvalue weighted by Gasteiger charge is -2.13. The van der Waals surface area contributed by atoms with Gasteiger partial charge in [0.2, 0.25) is 0 Å². The molecule has 0 unspecified atom stereocenters. The number of nitrogens with one attached hydrogen (secondary N) is 2. The summed E-state index contributed by atoms with van der Waals surface area (Å²) in [4.78, 5) is 13.6. The highest BCUT2D eigenvalue weighted by Gasteiger charge is 2.31. The summed E-state index contributed by atoms with van der Waals surface area (Å²) in [5.74, 6) is 0. The van der Waals surface area contributed by atoms with Crippen LogP contribution in [0, 0.1) is 0 Å². The molecule has 0 saturated heterocycles. The van der Waals surface area contributed by atoms with Gasteiger partial charge in [0.25, 0.3) is 0 Å². The smallest absolute Gasteiger partial charge is 0.338 e. The molecule has 0 fully saturated rings. The number of carbonyl (C=O) groups is 1. The second-order valence-corrected chi connectivity index (χ2v) is 5.14. The Balaban J connectivity index is 2.59. The molecule has 0 heterocycles. The van der Waals surface area contributed by atoms with E-state index in [1.165, 1.54) is 0 Å². The quantitative estimate of drug-likeness (QED) is 0.815. The highest BCUT2D eigenvalue weighted by molar-refractivity contribution is 6.33. The minimum Gasteiger partial charge on any atom is -0.338 e. The predicted molar refractivity (Wildman–Crippen MR) is 76.6 cm³/mol. The van der Waals surface area contributed by atoms with Crippen LogP contribution in [0.25, 0.3) is 0 Å². The van der Waals surface area contributed by atoms with Crippen molar-refractivity contribution in [3.63, 3.8) is 0 Å². The Morgan fingerprint density at radius 3 is 2.57 bits per heavy atom. The summed E-state index contributed by atoms with van der Waals surface area (Å²) in [7, 11) is 3.81. The van der Waals surface area contributed by atoms with Crippen LogP contribution in [-0.2, 0) is 6.18 Å². The van der Waals surface area contributed by atoms with Crippen molar-refractivity contribution < 1.29 is 18.0 Å². The molecule has 1 aromatic rings. The summed E-state index contributed by atoms with van der Waals surface area (Å²) in [6.07, 6.45) is -3.75. The summed E-state index contributed by atoms with van der Waals surface area (Å²) in [5, 5.41) is 4.92. The molecule has 0 radical (unpaired) electrons. The third kappa shape index (κ3) is 6.22. The summed E-state index contributed by atoms with van der Waals surface area (Å²) < 4.78 is 37.8. The molecule has 0 aliphatic heterocycles. The number of alkyl halides is 3. The number of urea groups is 1. The van der Waals surface area contributed by atoms with Crippen molar-refractivity contribution >= 4 is 23.3 Å². The van der Waals surface area contributed by atoms with Gasteiger partial charge >= 0.3 is 12.2 Å². The normalized spacial score (nSPS) is 11.6. The van der Waals surface area contributed by atoms with Gasteiger partial charge in [0.05, 0.1) is 16.3 Å². The molecule has 21 heavy (non-hydrogen) atoms. The third-order valence-corrected chi connectivity index (χ3v) is 2.94. The zero-order valence-corrected chi connectivity index (χ0v) is 12.5. The molecule has 1 aromatic carbocycles. The van der Waals surface area contributed by atoms with Gasteiger partial charge in [0, 0.05) is 6.54 Å². The van der Waals surface area contributed by atoms with Crippen molar-refractivity contribution in [2.24, 2.45) is 0 Å². The molecule has 8 heteroatoms. The van der Waals surface area contributed by atoms with E-state index in [4.69, 9.17) is 11.6 Å².